The van der Waals surface area contributed by atoms with E-state index in [2.05, 4.69) is 36.6 Å². The molecule has 1 unspecified atom stereocenters. The second kappa shape index (κ2) is 13.6. The van der Waals surface area contributed by atoms with Crippen LogP contribution in [-0.4, -0.2) is 92.3 Å². The van der Waals surface area contributed by atoms with Crippen molar-refractivity contribution in [3.8, 4) is 11.1 Å². The first-order valence-electron chi connectivity index (χ1n) is 17.8. The number of pyridine rings is 2. The maximum atomic E-state index is 14.0. The Morgan fingerprint density at radius 1 is 1.04 bits per heavy atom. The van der Waals surface area contributed by atoms with Crippen molar-refractivity contribution < 1.29 is 19.1 Å². The first-order chi connectivity index (χ1) is 24.7. The average molecular weight is 694 g/mol. The Morgan fingerprint density at radius 3 is 2.63 bits per heavy atom. The molecule has 14 heteroatoms. The van der Waals surface area contributed by atoms with E-state index in [0.29, 0.717) is 58.8 Å². The molecular weight excluding hydrogens is 650 g/mol. The van der Waals surface area contributed by atoms with Gasteiger partial charge in [-0.25, -0.2) is 15.0 Å². The van der Waals surface area contributed by atoms with Gasteiger partial charge in [0.1, 0.15) is 35.4 Å². The van der Waals surface area contributed by atoms with E-state index in [1.807, 2.05) is 12.1 Å². The molecule has 0 bridgehead atoms. The van der Waals surface area contributed by atoms with Crippen molar-refractivity contribution in [3.63, 3.8) is 0 Å². The molecule has 4 aliphatic rings. The lowest BCUT2D eigenvalue weighted by Gasteiger charge is -2.46. The number of aromatic nitrogens is 5. The molecule has 1 amide bonds. The first-order valence-corrected chi connectivity index (χ1v) is 17.8. The number of nitrogens with zero attached hydrogens (tertiary/aromatic N) is 8. The van der Waals surface area contributed by atoms with Crippen molar-refractivity contribution in [3.05, 3.63) is 75.9 Å². The lowest BCUT2D eigenvalue weighted by atomic mass is 9.98. The van der Waals surface area contributed by atoms with Gasteiger partial charge in [0.05, 0.1) is 31.6 Å². The molecule has 0 saturated carbocycles. The number of aryl methyl sites for hydroxylation is 2. The van der Waals surface area contributed by atoms with E-state index < -0.39 is 5.97 Å². The molecule has 51 heavy (non-hydrogen) atoms. The number of nitrogens with one attached hydrogen (secondary N) is 1. The highest BCUT2D eigenvalue weighted by Crippen LogP contribution is 2.35. The van der Waals surface area contributed by atoms with Gasteiger partial charge in [-0.05, 0) is 61.9 Å². The topological polar surface area (TPSA) is 140 Å². The van der Waals surface area contributed by atoms with Crippen molar-refractivity contribution in [1.29, 1.82) is 0 Å². The number of amides is 1. The fourth-order valence-corrected chi connectivity index (χ4v) is 7.85. The molecule has 266 valence electrons. The summed E-state index contributed by atoms with van der Waals surface area (Å²) in [4.78, 5) is 59.8. The Kier molecular flexibility index (Phi) is 8.80. The fraction of sp³-hybridized carbons (Fsp3) is 0.459. The number of ether oxygens (including phenoxy) is 2. The van der Waals surface area contributed by atoms with Gasteiger partial charge in [-0.1, -0.05) is 0 Å². The zero-order chi connectivity index (χ0) is 35.2. The van der Waals surface area contributed by atoms with Crippen molar-refractivity contribution in [2.75, 3.05) is 54.5 Å². The number of carbonyl (C=O) groups excluding carboxylic acids is 2. The SMILES string of the molecule is CC(=O)OCc1c(-c2cc(Nc3cnc(N4CCN(C5COC5)CC4C)cn3)c(=O)n(C)c2)ccnc1N1CCn2c(cc3c2CCCC3)C1=O. The molecule has 1 aliphatic carbocycles. The number of hydrogen-bond acceptors (Lipinski definition) is 11. The summed E-state index contributed by atoms with van der Waals surface area (Å²) in [6.07, 6.45) is 11.0. The van der Waals surface area contributed by atoms with Gasteiger partial charge in [-0.3, -0.25) is 24.2 Å². The molecule has 1 N–H and O–H groups in total. The summed E-state index contributed by atoms with van der Waals surface area (Å²) in [6, 6.07) is 6.38. The predicted molar refractivity (Wildman–Crippen MR) is 191 cm³/mol. The van der Waals surface area contributed by atoms with Gasteiger partial charge in [-0.2, -0.15) is 0 Å². The molecule has 14 nitrogen and oxygen atoms in total. The number of carbonyl (C=O) groups is 2. The molecule has 0 spiro atoms. The van der Waals surface area contributed by atoms with Gasteiger partial charge in [0, 0.05) is 82.0 Å². The van der Waals surface area contributed by atoms with Crippen LogP contribution in [0.3, 0.4) is 0 Å². The minimum atomic E-state index is -0.448. The van der Waals surface area contributed by atoms with E-state index in [9.17, 15) is 14.4 Å². The van der Waals surface area contributed by atoms with E-state index in [-0.39, 0.29) is 24.1 Å². The zero-order valence-corrected chi connectivity index (χ0v) is 29.3. The van der Waals surface area contributed by atoms with Crippen LogP contribution in [0.15, 0.2) is 47.8 Å². The molecule has 8 rings (SSSR count). The quantitative estimate of drug-likeness (QED) is 0.272. The molecule has 4 aromatic heterocycles. The number of piperazine rings is 1. The average Bonchev–Trinajstić information content (AvgIpc) is 3.49. The lowest BCUT2D eigenvalue weighted by molar-refractivity contribution is -0.142. The van der Waals surface area contributed by atoms with Crippen molar-refractivity contribution in [2.24, 2.45) is 7.05 Å². The monoisotopic (exact) mass is 693 g/mol. The van der Waals surface area contributed by atoms with E-state index in [0.717, 1.165) is 64.3 Å². The first kappa shape index (κ1) is 33.1. The van der Waals surface area contributed by atoms with Gasteiger partial charge in [0.2, 0.25) is 0 Å². The van der Waals surface area contributed by atoms with Crippen LogP contribution in [-0.2, 0) is 47.3 Å². The van der Waals surface area contributed by atoms with Gasteiger partial charge in [0.15, 0.2) is 0 Å². The van der Waals surface area contributed by atoms with Gasteiger partial charge >= 0.3 is 5.97 Å². The number of anilines is 4. The maximum absolute atomic E-state index is 14.0. The summed E-state index contributed by atoms with van der Waals surface area (Å²) >= 11 is 0. The number of fused-ring (bicyclic) bond motifs is 3. The molecule has 2 saturated heterocycles. The number of esters is 1. The Morgan fingerprint density at radius 2 is 1.88 bits per heavy atom. The van der Waals surface area contributed by atoms with Crippen LogP contribution < -0.4 is 20.7 Å². The minimum Gasteiger partial charge on any atom is -0.461 e. The van der Waals surface area contributed by atoms with E-state index in [1.165, 1.54) is 22.7 Å². The van der Waals surface area contributed by atoms with Crippen LogP contribution in [0.2, 0.25) is 0 Å². The summed E-state index contributed by atoms with van der Waals surface area (Å²) in [5, 5.41) is 3.18. The molecule has 4 aromatic rings. The highest BCUT2D eigenvalue weighted by Gasteiger charge is 2.34. The fourth-order valence-electron chi connectivity index (χ4n) is 7.85. The summed E-state index contributed by atoms with van der Waals surface area (Å²) in [5.74, 6) is 1.09. The Labute approximate surface area is 296 Å². The Hall–Kier alpha value is -5.08. The van der Waals surface area contributed by atoms with E-state index in [1.54, 1.807) is 42.8 Å². The molecule has 7 heterocycles. The molecule has 2 fully saturated rings. The molecular formula is C37H43N9O5. The Balaban J connectivity index is 1.07. The summed E-state index contributed by atoms with van der Waals surface area (Å²) in [7, 11) is 1.68. The smallest absolute Gasteiger partial charge is 0.302 e. The molecule has 0 radical (unpaired) electrons. The normalized spacial score (nSPS) is 19.4. The zero-order valence-electron chi connectivity index (χ0n) is 29.3. The molecule has 3 aliphatic heterocycles. The lowest BCUT2D eigenvalue weighted by Crippen LogP contribution is -2.59. The van der Waals surface area contributed by atoms with Gasteiger partial charge in [-0.15, -0.1) is 0 Å². The third-order valence-electron chi connectivity index (χ3n) is 10.6. The third kappa shape index (κ3) is 6.27. The standard InChI is InChI=1S/C37H43N9O5/c1-23-18-43(27-20-50-21-27)10-11-44(23)34-17-39-33(16-40-34)41-30-14-26(19-42(3)36(30)48)28-8-9-38-35(29(28)22-51-24(2)47)46-13-12-45-31-7-5-4-6-25(31)15-32(45)37(46)49/h8-9,14-17,19,23,27H,4-7,10-13,18,20-22H2,1-3H3,(H,39,41). The minimum absolute atomic E-state index is 0.0885. The van der Waals surface area contributed by atoms with Crippen LogP contribution in [0.4, 0.5) is 23.1 Å². The van der Waals surface area contributed by atoms with Crippen molar-refractivity contribution in [2.45, 2.75) is 64.8 Å². The van der Waals surface area contributed by atoms with Crippen molar-refractivity contribution >= 4 is 35.0 Å². The second-order valence-electron chi connectivity index (χ2n) is 13.9. The van der Waals surface area contributed by atoms with Crippen molar-refractivity contribution in [1.82, 2.24) is 29.0 Å². The molecule has 0 aromatic carbocycles. The predicted octanol–water partition coefficient (Wildman–Crippen LogP) is 3.29. The third-order valence-corrected chi connectivity index (χ3v) is 10.6. The Bertz CT molecular complexity index is 2040. The maximum Gasteiger partial charge on any atom is 0.302 e. The summed E-state index contributed by atoms with van der Waals surface area (Å²) < 4.78 is 14.6. The second-order valence-corrected chi connectivity index (χ2v) is 13.9. The van der Waals surface area contributed by atoms with Gasteiger partial charge in [0.25, 0.3) is 11.5 Å². The van der Waals surface area contributed by atoms with Gasteiger partial charge < -0.3 is 28.8 Å². The largest absolute Gasteiger partial charge is 0.461 e. The highest BCUT2D eigenvalue weighted by molar-refractivity contribution is 6.06. The summed E-state index contributed by atoms with van der Waals surface area (Å²) in [5.41, 5.74) is 5.20. The van der Waals surface area contributed by atoms with Crippen LogP contribution >= 0.6 is 0 Å². The van der Waals surface area contributed by atoms with E-state index in [4.69, 9.17) is 14.5 Å². The van der Waals surface area contributed by atoms with Crippen LogP contribution in [0.25, 0.3) is 11.1 Å². The van der Waals surface area contributed by atoms with Crippen LogP contribution in [0, 0.1) is 0 Å². The highest BCUT2D eigenvalue weighted by atomic mass is 16.5. The van der Waals surface area contributed by atoms with E-state index >= 15 is 0 Å². The number of rotatable bonds is 8. The molecule has 1 atom stereocenters. The van der Waals surface area contributed by atoms with Crippen LogP contribution in [0.5, 0.6) is 0 Å². The number of hydrogen-bond donors (Lipinski definition) is 1. The summed E-state index contributed by atoms with van der Waals surface area (Å²) in [6.45, 7) is 8.90. The van der Waals surface area contributed by atoms with Crippen LogP contribution in [0.1, 0.15) is 54.0 Å².